The normalized spacial score (nSPS) is 14.8. The van der Waals surface area contributed by atoms with Crippen molar-refractivity contribution in [2.45, 2.75) is 0 Å². The molecule has 0 unspecified atom stereocenters. The molecule has 1 heterocycles. The van der Waals surface area contributed by atoms with Crippen LogP contribution in [0.25, 0.3) is 16.8 Å². The van der Waals surface area contributed by atoms with Crippen molar-refractivity contribution in [3.05, 3.63) is 77.2 Å². The van der Waals surface area contributed by atoms with Crippen molar-refractivity contribution in [2.75, 3.05) is 11.9 Å². The third kappa shape index (κ3) is 4.64. The molecule has 4 rings (SSSR count). The number of ether oxygens (including phenoxy) is 1. The minimum absolute atomic E-state index is 0.101. The Balaban J connectivity index is 1.36. The molecule has 3 aromatic rings. The van der Waals surface area contributed by atoms with E-state index in [9.17, 15) is 9.59 Å². The van der Waals surface area contributed by atoms with E-state index in [2.05, 4.69) is 10.6 Å². The van der Waals surface area contributed by atoms with Crippen molar-refractivity contribution in [3.63, 3.8) is 0 Å². The molecule has 0 spiro atoms. The number of thioether (sulfide) groups is 1. The maximum atomic E-state index is 12.3. The monoisotopic (exact) mass is 420 g/mol. The zero-order chi connectivity index (χ0) is 20.2. The first-order chi connectivity index (χ1) is 14.1. The number of rotatable bonds is 5. The van der Waals surface area contributed by atoms with Gasteiger partial charge in [-0.1, -0.05) is 72.5 Å². The van der Waals surface area contributed by atoms with Crippen molar-refractivity contribution < 1.29 is 14.3 Å². The third-order valence-corrected chi connectivity index (χ3v) is 5.42. The van der Waals surface area contributed by atoms with Gasteiger partial charge in [0.1, 0.15) is 10.1 Å². The maximum Gasteiger partial charge on any atom is 0.263 e. The second-order valence-electron chi connectivity index (χ2n) is 6.28. The van der Waals surface area contributed by atoms with Crippen molar-refractivity contribution in [1.29, 1.82) is 0 Å². The Morgan fingerprint density at radius 1 is 1.07 bits per heavy atom. The molecular formula is C22H16N2O3S2. The molecule has 144 valence electrons. The summed E-state index contributed by atoms with van der Waals surface area (Å²) < 4.78 is 6.03. The van der Waals surface area contributed by atoms with E-state index in [1.165, 1.54) is 11.8 Å². The summed E-state index contributed by atoms with van der Waals surface area (Å²) in [7, 11) is 0. The van der Waals surface area contributed by atoms with Crippen LogP contribution in [0.15, 0.2) is 71.6 Å². The maximum absolute atomic E-state index is 12.3. The van der Waals surface area contributed by atoms with Gasteiger partial charge in [-0.3, -0.25) is 9.59 Å². The number of fused-ring (bicyclic) bond motifs is 1. The summed E-state index contributed by atoms with van der Waals surface area (Å²) in [5, 5.41) is 7.51. The first-order valence-corrected chi connectivity index (χ1v) is 10.1. The Hall–Kier alpha value is -3.16. The quantitative estimate of drug-likeness (QED) is 0.475. The van der Waals surface area contributed by atoms with E-state index in [1.807, 2.05) is 54.6 Å². The Morgan fingerprint density at radius 3 is 2.59 bits per heavy atom. The van der Waals surface area contributed by atoms with Crippen LogP contribution in [0, 0.1) is 0 Å². The second-order valence-corrected chi connectivity index (χ2v) is 8.00. The zero-order valence-corrected chi connectivity index (χ0v) is 16.8. The lowest BCUT2D eigenvalue weighted by Gasteiger charge is -2.10. The second kappa shape index (κ2) is 8.46. The van der Waals surface area contributed by atoms with Crippen LogP contribution < -0.4 is 15.4 Å². The molecule has 1 fully saturated rings. The smallest absolute Gasteiger partial charge is 0.263 e. The molecule has 0 aromatic heterocycles. The van der Waals surface area contributed by atoms with Gasteiger partial charge in [0, 0.05) is 11.1 Å². The summed E-state index contributed by atoms with van der Waals surface area (Å²) in [6.45, 7) is -0.101. The van der Waals surface area contributed by atoms with E-state index in [-0.39, 0.29) is 18.4 Å². The molecule has 5 nitrogen and oxygen atoms in total. The summed E-state index contributed by atoms with van der Waals surface area (Å²) in [6.07, 6.45) is 1.76. The largest absolute Gasteiger partial charge is 0.484 e. The lowest BCUT2D eigenvalue weighted by molar-refractivity contribution is -0.118. The van der Waals surface area contributed by atoms with Crippen molar-refractivity contribution in [1.82, 2.24) is 5.32 Å². The number of anilines is 1. The molecule has 0 atom stereocenters. The van der Waals surface area contributed by atoms with Gasteiger partial charge >= 0.3 is 0 Å². The van der Waals surface area contributed by atoms with Crippen LogP contribution in [0.3, 0.4) is 0 Å². The number of carbonyl (C=O) groups is 2. The van der Waals surface area contributed by atoms with Crippen LogP contribution in [0.1, 0.15) is 5.56 Å². The molecule has 0 radical (unpaired) electrons. The number of thiocarbonyl (C=S) groups is 1. The van der Waals surface area contributed by atoms with Gasteiger partial charge in [0.05, 0.1) is 4.91 Å². The molecular weight excluding hydrogens is 404 g/mol. The van der Waals surface area contributed by atoms with Gasteiger partial charge in [0.15, 0.2) is 6.61 Å². The van der Waals surface area contributed by atoms with Crippen molar-refractivity contribution >= 4 is 62.7 Å². The summed E-state index contributed by atoms with van der Waals surface area (Å²) in [4.78, 5) is 24.6. The van der Waals surface area contributed by atoms with Crippen LogP contribution in [0.4, 0.5) is 5.69 Å². The van der Waals surface area contributed by atoms with Crippen LogP contribution in [-0.4, -0.2) is 22.7 Å². The van der Waals surface area contributed by atoms with E-state index < -0.39 is 0 Å². The highest BCUT2D eigenvalue weighted by molar-refractivity contribution is 8.26. The molecule has 1 saturated heterocycles. The highest BCUT2D eigenvalue weighted by Gasteiger charge is 2.21. The molecule has 0 saturated carbocycles. The zero-order valence-electron chi connectivity index (χ0n) is 15.2. The number of hydrogen-bond acceptors (Lipinski definition) is 5. The van der Waals surface area contributed by atoms with Crippen LogP contribution in [-0.2, 0) is 9.59 Å². The van der Waals surface area contributed by atoms with Gasteiger partial charge in [-0.15, -0.1) is 0 Å². The topological polar surface area (TPSA) is 67.4 Å². The fraction of sp³-hybridized carbons (Fsp3) is 0.0455. The van der Waals surface area contributed by atoms with Crippen LogP contribution in [0.5, 0.6) is 5.75 Å². The average molecular weight is 421 g/mol. The minimum Gasteiger partial charge on any atom is -0.484 e. The molecule has 0 aliphatic carbocycles. The predicted molar refractivity (Wildman–Crippen MR) is 121 cm³/mol. The van der Waals surface area contributed by atoms with Gasteiger partial charge in [-0.05, 0) is 35.2 Å². The summed E-state index contributed by atoms with van der Waals surface area (Å²) in [5.41, 5.74) is 1.60. The van der Waals surface area contributed by atoms with Gasteiger partial charge in [0.2, 0.25) is 0 Å². The molecule has 7 heteroatoms. The molecule has 1 aliphatic heterocycles. The highest BCUT2D eigenvalue weighted by Crippen LogP contribution is 2.26. The van der Waals surface area contributed by atoms with E-state index >= 15 is 0 Å². The molecule has 1 aliphatic rings. The van der Waals surface area contributed by atoms with Gasteiger partial charge in [0.25, 0.3) is 11.8 Å². The summed E-state index contributed by atoms with van der Waals surface area (Å²) in [5.74, 6) is 0.143. The van der Waals surface area contributed by atoms with Gasteiger partial charge < -0.3 is 15.4 Å². The van der Waals surface area contributed by atoms with E-state index in [1.54, 1.807) is 18.2 Å². The van der Waals surface area contributed by atoms with Crippen LogP contribution in [0.2, 0.25) is 0 Å². The number of hydrogen-bond donors (Lipinski definition) is 2. The molecule has 0 bridgehead atoms. The third-order valence-electron chi connectivity index (χ3n) is 4.25. The Bertz CT molecular complexity index is 1140. The Morgan fingerprint density at radius 2 is 1.83 bits per heavy atom. The Kier molecular flexibility index (Phi) is 5.59. The number of nitrogens with one attached hydrogen (secondary N) is 2. The van der Waals surface area contributed by atoms with E-state index in [4.69, 9.17) is 17.0 Å². The van der Waals surface area contributed by atoms with E-state index in [0.29, 0.717) is 15.0 Å². The highest BCUT2D eigenvalue weighted by atomic mass is 32.2. The number of carbonyl (C=O) groups excluding carboxylic acids is 2. The van der Waals surface area contributed by atoms with Gasteiger partial charge in [-0.2, -0.15) is 0 Å². The lowest BCUT2D eigenvalue weighted by atomic mass is 10.1. The molecule has 3 aromatic carbocycles. The minimum atomic E-state index is -0.236. The summed E-state index contributed by atoms with van der Waals surface area (Å²) in [6, 6.07) is 20.8. The summed E-state index contributed by atoms with van der Waals surface area (Å²) >= 11 is 6.21. The first-order valence-electron chi connectivity index (χ1n) is 8.84. The Labute approximate surface area is 177 Å². The first kappa shape index (κ1) is 19.2. The number of benzene rings is 3. The average Bonchev–Trinajstić information content (AvgIpc) is 3.04. The predicted octanol–water partition coefficient (Wildman–Crippen LogP) is 4.35. The fourth-order valence-corrected chi connectivity index (χ4v) is 3.95. The number of amides is 2. The molecule has 2 N–H and O–H groups in total. The van der Waals surface area contributed by atoms with Crippen molar-refractivity contribution in [3.8, 4) is 5.75 Å². The molecule has 2 amide bonds. The van der Waals surface area contributed by atoms with Gasteiger partial charge in [-0.25, -0.2) is 0 Å². The fourth-order valence-electron chi connectivity index (χ4n) is 2.90. The van der Waals surface area contributed by atoms with E-state index in [0.717, 1.165) is 22.0 Å². The standard InChI is InChI=1S/C22H16N2O3S2/c25-20(23-18-7-3-5-15-4-1-2-6-17(15)18)13-27-16-10-8-14(9-11-16)12-19-21(26)24-22(28)29-19/h1-12H,13H2,(H,23,25)(H,24,26,28)/b19-12-. The lowest BCUT2D eigenvalue weighted by Crippen LogP contribution is -2.20. The van der Waals surface area contributed by atoms with Crippen molar-refractivity contribution in [2.24, 2.45) is 0 Å². The van der Waals surface area contributed by atoms with Crippen LogP contribution >= 0.6 is 24.0 Å². The SMILES string of the molecule is O=C(COc1ccc(/C=C2\SC(=S)NC2=O)cc1)Nc1cccc2ccccc12. The molecule has 29 heavy (non-hydrogen) atoms.